The van der Waals surface area contributed by atoms with Crippen LogP contribution in [0.15, 0.2) is 18.2 Å². The average molecular weight is 373 g/mol. The molecule has 1 heterocycles. The molecule has 1 unspecified atom stereocenters. The molecule has 1 aromatic heterocycles. The highest BCUT2D eigenvalue weighted by molar-refractivity contribution is 5.47. The van der Waals surface area contributed by atoms with E-state index >= 15 is 0 Å². The Balaban J connectivity index is 2.31. The third kappa shape index (κ3) is 3.98. The van der Waals surface area contributed by atoms with E-state index in [0.29, 0.717) is 11.5 Å². The largest absolute Gasteiger partial charge is 0.493 e. The van der Waals surface area contributed by atoms with Gasteiger partial charge in [0.05, 0.1) is 20.3 Å². The number of nitrogens with zero attached hydrogens (tertiary/aromatic N) is 2. The molecular weight excluding hydrogens is 354 g/mol. The van der Waals surface area contributed by atoms with E-state index in [-0.39, 0.29) is 12.6 Å². The molecule has 0 saturated carbocycles. The summed E-state index contributed by atoms with van der Waals surface area (Å²) in [5.41, 5.74) is -0.154. The fourth-order valence-corrected chi connectivity index (χ4v) is 2.50. The summed E-state index contributed by atoms with van der Waals surface area (Å²) in [5.74, 6) is -5.56. The Morgan fingerprint density at radius 3 is 2.08 bits per heavy atom. The Morgan fingerprint density at radius 2 is 1.58 bits per heavy atom. The molecule has 0 amide bonds. The molecule has 1 N–H and O–H groups in total. The Labute approximate surface area is 148 Å². The number of benzene rings is 1. The van der Waals surface area contributed by atoms with Crippen molar-refractivity contribution in [2.45, 2.75) is 6.04 Å². The van der Waals surface area contributed by atoms with Crippen LogP contribution in [0.3, 0.4) is 0 Å². The van der Waals surface area contributed by atoms with Gasteiger partial charge in [-0.25, -0.2) is 0 Å². The predicted octanol–water partition coefficient (Wildman–Crippen LogP) is 3.37. The molecule has 0 radical (unpaired) electrons. The van der Waals surface area contributed by atoms with Crippen LogP contribution in [0.5, 0.6) is 11.5 Å². The molecule has 0 aliphatic rings. The number of nitrogens with one attached hydrogen (secondary N) is 1. The predicted molar refractivity (Wildman–Crippen MR) is 88.5 cm³/mol. The van der Waals surface area contributed by atoms with E-state index in [0.717, 1.165) is 5.56 Å². The zero-order valence-electron chi connectivity index (χ0n) is 14.7. The van der Waals surface area contributed by atoms with Crippen LogP contribution in [0.4, 0.5) is 23.2 Å². The summed E-state index contributed by atoms with van der Waals surface area (Å²) in [7, 11) is 6.49. The van der Waals surface area contributed by atoms with Gasteiger partial charge in [-0.1, -0.05) is 6.07 Å². The van der Waals surface area contributed by atoms with Gasteiger partial charge < -0.3 is 19.7 Å². The number of methoxy groups -OCH3 is 2. The topological polar surface area (TPSA) is 46.6 Å². The Morgan fingerprint density at radius 1 is 1.00 bits per heavy atom. The van der Waals surface area contributed by atoms with Crippen molar-refractivity contribution in [2.75, 3.05) is 40.2 Å². The van der Waals surface area contributed by atoms with Crippen LogP contribution >= 0.6 is 0 Å². The van der Waals surface area contributed by atoms with Crippen LogP contribution in [0, 0.1) is 23.5 Å². The lowest BCUT2D eigenvalue weighted by Crippen LogP contribution is -2.27. The first-order chi connectivity index (χ1) is 12.3. The van der Waals surface area contributed by atoms with Gasteiger partial charge in [0.15, 0.2) is 11.5 Å². The van der Waals surface area contributed by atoms with Gasteiger partial charge in [-0.3, -0.25) is 0 Å². The number of hydrogen-bond acceptors (Lipinski definition) is 5. The highest BCUT2D eigenvalue weighted by Crippen LogP contribution is 2.32. The van der Waals surface area contributed by atoms with Crippen LogP contribution in [0.2, 0.25) is 0 Å². The van der Waals surface area contributed by atoms with Gasteiger partial charge >= 0.3 is 0 Å². The van der Waals surface area contributed by atoms with Gasteiger partial charge in [-0.2, -0.15) is 22.5 Å². The van der Waals surface area contributed by atoms with E-state index in [9.17, 15) is 17.6 Å². The van der Waals surface area contributed by atoms with E-state index in [2.05, 4.69) is 10.3 Å². The van der Waals surface area contributed by atoms with Gasteiger partial charge in [-0.05, 0) is 31.8 Å². The number of hydrogen-bond donors (Lipinski definition) is 1. The summed E-state index contributed by atoms with van der Waals surface area (Å²) >= 11 is 0. The number of halogens is 4. The van der Waals surface area contributed by atoms with E-state index < -0.39 is 29.2 Å². The zero-order chi connectivity index (χ0) is 19.4. The second kappa shape index (κ2) is 8.22. The third-order valence-corrected chi connectivity index (χ3v) is 3.89. The zero-order valence-corrected chi connectivity index (χ0v) is 14.7. The first-order valence-corrected chi connectivity index (χ1v) is 7.62. The molecule has 2 rings (SSSR count). The molecule has 5 nitrogen and oxygen atoms in total. The van der Waals surface area contributed by atoms with Crippen LogP contribution < -0.4 is 14.8 Å². The molecule has 26 heavy (non-hydrogen) atoms. The van der Waals surface area contributed by atoms with Crippen molar-refractivity contribution in [3.63, 3.8) is 0 Å². The molecule has 2 aromatic rings. The van der Waals surface area contributed by atoms with E-state index in [1.807, 2.05) is 0 Å². The fraction of sp³-hybridized carbons (Fsp3) is 0.353. The molecule has 142 valence electrons. The van der Waals surface area contributed by atoms with Gasteiger partial charge in [0.25, 0.3) is 11.9 Å². The van der Waals surface area contributed by atoms with Crippen LogP contribution in [0.25, 0.3) is 0 Å². The fourth-order valence-electron chi connectivity index (χ4n) is 2.50. The lowest BCUT2D eigenvalue weighted by atomic mass is 10.0. The lowest BCUT2D eigenvalue weighted by molar-refractivity contribution is 0.307. The molecule has 0 aliphatic carbocycles. The molecular formula is C17H19F4N3O2. The summed E-state index contributed by atoms with van der Waals surface area (Å²) < 4.78 is 64.4. The van der Waals surface area contributed by atoms with Crippen molar-refractivity contribution in [1.82, 2.24) is 9.88 Å². The molecule has 0 aliphatic heterocycles. The molecule has 0 bridgehead atoms. The van der Waals surface area contributed by atoms with Crippen molar-refractivity contribution >= 4 is 5.69 Å². The smallest absolute Gasteiger partial charge is 0.253 e. The summed E-state index contributed by atoms with van der Waals surface area (Å²) in [5, 5.41) is 2.43. The normalized spacial score (nSPS) is 12.2. The van der Waals surface area contributed by atoms with Gasteiger partial charge in [0.1, 0.15) is 5.69 Å². The molecule has 0 spiro atoms. The van der Waals surface area contributed by atoms with E-state index in [1.54, 1.807) is 37.2 Å². The van der Waals surface area contributed by atoms with Crippen LogP contribution in [-0.2, 0) is 0 Å². The maximum absolute atomic E-state index is 13.8. The van der Waals surface area contributed by atoms with Crippen molar-refractivity contribution < 1.29 is 27.0 Å². The van der Waals surface area contributed by atoms with Crippen molar-refractivity contribution in [1.29, 1.82) is 0 Å². The highest BCUT2D eigenvalue weighted by Gasteiger charge is 2.23. The lowest BCUT2D eigenvalue weighted by Gasteiger charge is -2.26. The minimum absolute atomic E-state index is 0.0286. The quantitative estimate of drug-likeness (QED) is 0.596. The summed E-state index contributed by atoms with van der Waals surface area (Å²) in [6.07, 6.45) is 0. The monoisotopic (exact) mass is 373 g/mol. The van der Waals surface area contributed by atoms with Crippen molar-refractivity contribution in [3.8, 4) is 11.5 Å². The average Bonchev–Trinajstić information content (AvgIpc) is 2.62. The minimum Gasteiger partial charge on any atom is -0.493 e. The molecule has 1 aromatic carbocycles. The summed E-state index contributed by atoms with van der Waals surface area (Å²) in [4.78, 5) is 4.31. The summed E-state index contributed by atoms with van der Waals surface area (Å²) in [6, 6.07) is 4.78. The molecule has 0 fully saturated rings. The maximum Gasteiger partial charge on any atom is 0.253 e. The third-order valence-electron chi connectivity index (χ3n) is 3.89. The minimum atomic E-state index is -1.71. The van der Waals surface area contributed by atoms with E-state index in [1.165, 1.54) is 14.2 Å². The Kier molecular flexibility index (Phi) is 6.25. The van der Waals surface area contributed by atoms with Gasteiger partial charge in [0, 0.05) is 6.54 Å². The van der Waals surface area contributed by atoms with Gasteiger partial charge in [0.2, 0.25) is 11.6 Å². The number of ether oxygens (including phenoxy) is 2. The Hall–Kier alpha value is -2.55. The van der Waals surface area contributed by atoms with E-state index in [4.69, 9.17) is 9.47 Å². The number of aromatic nitrogens is 1. The standard InChI is InChI=1S/C17H19F4N3O2/c1-24(2)10(9-5-6-11(25-3)12(7-9)26-4)8-22-15-13(18)16(20)23-17(21)14(15)19/h5-7,10H,8H2,1-4H3,(H,22,23). The van der Waals surface area contributed by atoms with Crippen LogP contribution in [-0.4, -0.2) is 44.7 Å². The SMILES string of the molecule is COc1ccc(C(CNc2c(F)c(F)nc(F)c2F)N(C)C)cc1OC. The highest BCUT2D eigenvalue weighted by atomic mass is 19.2. The second-order valence-electron chi connectivity index (χ2n) is 5.67. The van der Waals surface area contributed by atoms with Gasteiger partial charge in [-0.15, -0.1) is 0 Å². The summed E-state index contributed by atoms with van der Waals surface area (Å²) in [6.45, 7) is -0.0286. The molecule has 1 atom stereocenters. The molecule has 9 heteroatoms. The Bertz CT molecular complexity index is 761. The van der Waals surface area contributed by atoms with Crippen LogP contribution in [0.1, 0.15) is 11.6 Å². The number of pyridine rings is 1. The number of rotatable bonds is 7. The first-order valence-electron chi connectivity index (χ1n) is 7.62. The van der Waals surface area contributed by atoms with Crippen molar-refractivity contribution in [2.24, 2.45) is 0 Å². The molecule has 0 saturated heterocycles. The number of likely N-dealkylation sites (N-methyl/N-ethyl adjacent to an activating group) is 1. The number of anilines is 1. The first kappa shape index (κ1) is 19.8. The second-order valence-corrected chi connectivity index (χ2v) is 5.67. The maximum atomic E-state index is 13.8. The van der Waals surface area contributed by atoms with Crippen molar-refractivity contribution in [3.05, 3.63) is 47.3 Å².